The molecule has 2 saturated heterocycles. The van der Waals surface area contributed by atoms with Crippen molar-refractivity contribution >= 4 is 58.0 Å². The Labute approximate surface area is 332 Å². The number of aryl methyl sites for hydroxylation is 1. The third-order valence-corrected chi connectivity index (χ3v) is 12.9. The predicted octanol–water partition coefficient (Wildman–Crippen LogP) is 5.86. The average molecular weight is 777 g/mol. The number of rotatable bonds is 13. The third-order valence-electron chi connectivity index (χ3n) is 11.9. The van der Waals surface area contributed by atoms with Crippen molar-refractivity contribution in [3.8, 4) is 0 Å². The second-order valence-corrected chi connectivity index (χ2v) is 16.7. The monoisotopic (exact) mass is 776 g/mol. The molecule has 3 aromatic heterocycles. The predicted molar refractivity (Wildman–Crippen MR) is 222 cm³/mol. The highest BCUT2D eigenvalue weighted by Gasteiger charge is 2.25. The molecule has 5 aromatic rings. The van der Waals surface area contributed by atoms with E-state index in [1.807, 2.05) is 40.5 Å². The molecule has 5 heterocycles. The van der Waals surface area contributed by atoms with Crippen LogP contribution in [0.15, 0.2) is 70.5 Å². The maximum absolute atomic E-state index is 12.8. The molecular weight excluding hydrogens is 725 g/mol. The van der Waals surface area contributed by atoms with E-state index in [1.165, 1.54) is 20.9 Å². The highest BCUT2D eigenvalue weighted by atomic mass is 32.2. The Kier molecular flexibility index (Phi) is 11.7. The van der Waals surface area contributed by atoms with Crippen molar-refractivity contribution in [1.29, 1.82) is 0 Å². The van der Waals surface area contributed by atoms with Crippen molar-refractivity contribution in [2.45, 2.75) is 87.2 Å². The first-order valence-corrected chi connectivity index (χ1v) is 20.9. The molecule has 2 N–H and O–H groups in total. The van der Waals surface area contributed by atoms with Crippen LogP contribution in [-0.2, 0) is 23.2 Å². The van der Waals surface area contributed by atoms with Crippen LogP contribution < -0.4 is 21.1 Å². The van der Waals surface area contributed by atoms with Crippen molar-refractivity contribution < 1.29 is 9.59 Å². The zero-order valence-electron chi connectivity index (χ0n) is 32.4. The van der Waals surface area contributed by atoms with Crippen LogP contribution >= 0.6 is 11.9 Å². The molecule has 0 radical (unpaired) electrons. The Morgan fingerprint density at radius 3 is 2.55 bits per heavy atom. The molecule has 0 bridgehead atoms. The van der Waals surface area contributed by atoms with Gasteiger partial charge in [-0.3, -0.25) is 33.4 Å². The smallest absolute Gasteiger partial charge is 0.252 e. The molecule has 1 saturated carbocycles. The van der Waals surface area contributed by atoms with Gasteiger partial charge in [-0.2, -0.15) is 10.1 Å². The van der Waals surface area contributed by atoms with Gasteiger partial charge in [0.2, 0.25) is 18.3 Å². The van der Waals surface area contributed by atoms with E-state index in [0.717, 1.165) is 112 Å². The number of nitrogens with one attached hydrogen (secondary N) is 2. The molecule has 0 spiro atoms. The van der Waals surface area contributed by atoms with Gasteiger partial charge >= 0.3 is 0 Å². The van der Waals surface area contributed by atoms with Gasteiger partial charge < -0.3 is 10.6 Å². The van der Waals surface area contributed by atoms with E-state index in [2.05, 4.69) is 72.4 Å². The first-order valence-electron chi connectivity index (χ1n) is 20.1. The van der Waals surface area contributed by atoms with Crippen LogP contribution in [0.2, 0.25) is 0 Å². The number of pyridine rings is 1. The second-order valence-electron chi connectivity index (χ2n) is 15.5. The lowest BCUT2D eigenvalue weighted by Gasteiger charge is -2.33. The molecular formula is C42H52N10O3S. The molecule has 0 atom stereocenters. The molecule has 13 nitrogen and oxygen atoms in total. The van der Waals surface area contributed by atoms with Crippen molar-refractivity contribution in [1.82, 2.24) is 38.8 Å². The van der Waals surface area contributed by atoms with E-state index in [-0.39, 0.29) is 36.5 Å². The van der Waals surface area contributed by atoms with E-state index < -0.39 is 0 Å². The van der Waals surface area contributed by atoms with Crippen molar-refractivity contribution in [2.75, 3.05) is 50.0 Å². The van der Waals surface area contributed by atoms with E-state index >= 15 is 0 Å². The molecule has 8 rings (SSSR count). The Balaban J connectivity index is 0.820. The van der Waals surface area contributed by atoms with E-state index in [1.54, 1.807) is 13.1 Å². The summed E-state index contributed by atoms with van der Waals surface area (Å²) in [5.74, 6) is 1.56. The summed E-state index contributed by atoms with van der Waals surface area (Å²) >= 11 is 1.85. The maximum atomic E-state index is 12.8. The summed E-state index contributed by atoms with van der Waals surface area (Å²) in [7, 11) is 3.50. The second kappa shape index (κ2) is 17.1. The molecule has 56 heavy (non-hydrogen) atoms. The minimum atomic E-state index is -0.110. The lowest BCUT2D eigenvalue weighted by atomic mass is 9.89. The van der Waals surface area contributed by atoms with Crippen LogP contribution in [0, 0.1) is 0 Å². The van der Waals surface area contributed by atoms with Crippen LogP contribution in [0.3, 0.4) is 0 Å². The summed E-state index contributed by atoms with van der Waals surface area (Å²) in [4.78, 5) is 51.4. The van der Waals surface area contributed by atoms with Gasteiger partial charge in [-0.05, 0) is 111 Å². The van der Waals surface area contributed by atoms with E-state index in [0.29, 0.717) is 17.7 Å². The summed E-state index contributed by atoms with van der Waals surface area (Å²) < 4.78 is 6.20. The topological polar surface area (TPSA) is 134 Å². The number of anilines is 2. The average Bonchev–Trinajstić information content (AvgIpc) is 3.87. The van der Waals surface area contributed by atoms with Crippen molar-refractivity contribution in [2.24, 2.45) is 7.05 Å². The first-order chi connectivity index (χ1) is 27.3. The SMILES string of the molecule is CNC(=O)CCN(C=O)c1nn(C)c2cc(C3CCN(Cc4cccc(SN5CCC(Nc6ncc7ccc(=O)n(C8CCCC8)c7n6)CC5)c4)CC3)ccc12. The van der Waals surface area contributed by atoms with Gasteiger partial charge in [0.25, 0.3) is 5.56 Å². The van der Waals surface area contributed by atoms with Crippen LogP contribution in [0.1, 0.15) is 80.9 Å². The molecule has 3 fully saturated rings. The number of nitrogens with zero attached hydrogens (tertiary/aromatic N) is 8. The fourth-order valence-corrected chi connectivity index (χ4v) is 9.74. The molecule has 2 amide bonds. The summed E-state index contributed by atoms with van der Waals surface area (Å²) in [6.07, 6.45) is 11.4. The van der Waals surface area contributed by atoms with Gasteiger partial charge in [-0.25, -0.2) is 9.29 Å². The Hall–Kier alpha value is -4.79. The minimum Gasteiger partial charge on any atom is -0.359 e. The number of aromatic nitrogens is 5. The number of benzene rings is 2. The number of hydrogen-bond donors (Lipinski definition) is 2. The largest absolute Gasteiger partial charge is 0.359 e. The zero-order chi connectivity index (χ0) is 38.6. The van der Waals surface area contributed by atoms with Crippen molar-refractivity contribution in [3.05, 3.63) is 82.3 Å². The lowest BCUT2D eigenvalue weighted by Crippen LogP contribution is -2.36. The Bertz CT molecular complexity index is 2240. The summed E-state index contributed by atoms with van der Waals surface area (Å²) in [5.41, 5.74) is 4.42. The maximum Gasteiger partial charge on any atom is 0.252 e. The molecule has 3 aliphatic rings. The highest BCUT2D eigenvalue weighted by Crippen LogP contribution is 2.35. The number of likely N-dealkylation sites (tertiary alicyclic amines) is 1. The summed E-state index contributed by atoms with van der Waals surface area (Å²) in [5, 5.41) is 12.7. The van der Waals surface area contributed by atoms with E-state index in [4.69, 9.17) is 4.98 Å². The fraction of sp³-hybridized carbons (Fsp3) is 0.476. The van der Waals surface area contributed by atoms with Crippen molar-refractivity contribution in [3.63, 3.8) is 0 Å². The zero-order valence-corrected chi connectivity index (χ0v) is 33.2. The molecule has 2 aliphatic heterocycles. The van der Waals surface area contributed by atoms with Crippen LogP contribution in [0.4, 0.5) is 11.8 Å². The van der Waals surface area contributed by atoms with Gasteiger partial charge in [0.15, 0.2) is 5.82 Å². The molecule has 1 aliphatic carbocycles. The molecule has 0 unspecified atom stereocenters. The number of amides is 2. The van der Waals surface area contributed by atoms with Crippen LogP contribution in [0.5, 0.6) is 0 Å². The number of carbonyl (C=O) groups is 2. The van der Waals surface area contributed by atoms with Gasteiger partial charge in [-0.1, -0.05) is 31.0 Å². The number of hydrogen-bond acceptors (Lipinski definition) is 10. The van der Waals surface area contributed by atoms with E-state index in [9.17, 15) is 14.4 Å². The Morgan fingerprint density at radius 2 is 1.79 bits per heavy atom. The summed E-state index contributed by atoms with van der Waals surface area (Å²) in [6.45, 7) is 5.24. The molecule has 14 heteroatoms. The van der Waals surface area contributed by atoms with Crippen LogP contribution in [-0.4, -0.2) is 91.7 Å². The molecule has 2 aromatic carbocycles. The number of piperidine rings is 2. The first kappa shape index (κ1) is 38.1. The fourth-order valence-electron chi connectivity index (χ4n) is 8.71. The van der Waals surface area contributed by atoms with Gasteiger partial charge in [0.05, 0.1) is 5.52 Å². The lowest BCUT2D eigenvalue weighted by molar-refractivity contribution is -0.120. The van der Waals surface area contributed by atoms with Gasteiger partial charge in [-0.15, -0.1) is 0 Å². The molecule has 294 valence electrons. The standard InChI is InChI=1S/C42H52N10O3S/c1-43-38(54)18-21-50(28-53)41-36-12-10-31(25-37(36)48(2)47-41)30-14-19-49(20-15-30)27-29-6-5-9-35(24-29)56-51-22-16-33(17-23-51)45-42-44-26-32-11-13-39(55)52(40(32)46-42)34-7-3-4-8-34/h5-6,9-13,24-26,28,30,33-34H,3-4,7-8,14-23,27H2,1-2H3,(H,43,54)(H,44,45,46). The summed E-state index contributed by atoms with van der Waals surface area (Å²) in [6, 6.07) is 19.5. The van der Waals surface area contributed by atoms with Gasteiger partial charge in [0.1, 0.15) is 5.65 Å². The van der Waals surface area contributed by atoms with Crippen LogP contribution in [0.25, 0.3) is 21.9 Å². The normalized spacial score (nSPS) is 17.8. The highest BCUT2D eigenvalue weighted by molar-refractivity contribution is 7.97. The third kappa shape index (κ3) is 8.47. The quantitative estimate of drug-likeness (QED) is 0.111. The van der Waals surface area contributed by atoms with Gasteiger partial charge in [0, 0.05) is 86.7 Å². The Morgan fingerprint density at radius 1 is 0.982 bits per heavy atom. The number of fused-ring (bicyclic) bond motifs is 2. The number of carbonyl (C=O) groups excluding carboxylic acids is 2. The minimum absolute atomic E-state index is 0.0295.